The maximum Gasteiger partial charge on any atom is 0.251 e. The number of benzene rings is 2. The number of hydrogen-bond acceptors (Lipinski definition) is 3. The molecule has 0 aliphatic rings. The van der Waals surface area contributed by atoms with Crippen molar-refractivity contribution in [1.82, 2.24) is 19.9 Å². The van der Waals surface area contributed by atoms with Crippen molar-refractivity contribution in [1.29, 1.82) is 5.26 Å². The minimum Gasteiger partial charge on any atom is -0.360 e. The largest absolute Gasteiger partial charge is 0.360 e. The number of aromatic amines is 1. The lowest BCUT2D eigenvalue weighted by molar-refractivity contribution is 0.0954. The van der Waals surface area contributed by atoms with E-state index in [4.69, 9.17) is 5.26 Å². The Bertz CT molecular complexity index is 1120. The first kappa shape index (κ1) is 16.6. The number of carbonyl (C=O) groups excluding carboxylic acids is 1. The van der Waals surface area contributed by atoms with Crippen molar-refractivity contribution in [2.24, 2.45) is 0 Å². The number of amides is 1. The average molecular weight is 355 g/mol. The summed E-state index contributed by atoms with van der Waals surface area (Å²) in [5.41, 5.74) is 4.23. The molecule has 0 spiro atoms. The second-order valence-corrected chi connectivity index (χ2v) is 6.22. The minimum atomic E-state index is -0.104. The van der Waals surface area contributed by atoms with Crippen LogP contribution in [0.4, 0.5) is 0 Å². The summed E-state index contributed by atoms with van der Waals surface area (Å²) < 4.78 is 1.88. The number of fused-ring (bicyclic) bond motifs is 1. The van der Waals surface area contributed by atoms with Crippen LogP contribution in [0.2, 0.25) is 0 Å². The summed E-state index contributed by atoms with van der Waals surface area (Å²) in [4.78, 5) is 19.4. The summed E-state index contributed by atoms with van der Waals surface area (Å²) >= 11 is 0. The van der Waals surface area contributed by atoms with Gasteiger partial charge < -0.3 is 14.9 Å². The quantitative estimate of drug-likeness (QED) is 0.576. The molecule has 0 saturated carbocycles. The van der Waals surface area contributed by atoms with Crippen LogP contribution in [0.5, 0.6) is 0 Å². The first-order valence-electron chi connectivity index (χ1n) is 8.61. The molecule has 2 aromatic heterocycles. The molecule has 27 heavy (non-hydrogen) atoms. The molecule has 0 atom stereocenters. The van der Waals surface area contributed by atoms with E-state index in [2.05, 4.69) is 21.4 Å². The van der Waals surface area contributed by atoms with Crippen molar-refractivity contribution >= 4 is 16.8 Å². The Hall–Kier alpha value is -3.85. The van der Waals surface area contributed by atoms with Gasteiger partial charge in [-0.25, -0.2) is 4.98 Å². The summed E-state index contributed by atoms with van der Waals surface area (Å²) in [6.07, 6.45) is 7.70. The van der Waals surface area contributed by atoms with E-state index < -0.39 is 0 Å². The van der Waals surface area contributed by atoms with E-state index in [0.29, 0.717) is 24.1 Å². The summed E-state index contributed by atoms with van der Waals surface area (Å²) in [6.45, 7) is 0.528. The maximum absolute atomic E-state index is 12.3. The molecule has 0 radical (unpaired) electrons. The molecule has 6 nitrogen and oxygen atoms in total. The van der Waals surface area contributed by atoms with E-state index in [0.717, 1.165) is 22.2 Å². The molecule has 2 heterocycles. The van der Waals surface area contributed by atoms with Crippen LogP contribution in [-0.2, 0) is 6.42 Å². The Morgan fingerprint density at radius 1 is 1.22 bits per heavy atom. The zero-order valence-electron chi connectivity index (χ0n) is 14.5. The normalized spacial score (nSPS) is 10.6. The predicted octanol–water partition coefficient (Wildman–Crippen LogP) is 3.20. The molecule has 0 saturated heterocycles. The van der Waals surface area contributed by atoms with Gasteiger partial charge in [-0.3, -0.25) is 4.79 Å². The van der Waals surface area contributed by atoms with E-state index >= 15 is 0 Å². The molecule has 6 heteroatoms. The molecule has 0 bridgehead atoms. The van der Waals surface area contributed by atoms with Gasteiger partial charge in [-0.05, 0) is 48.4 Å². The molecule has 2 aromatic carbocycles. The van der Waals surface area contributed by atoms with Gasteiger partial charge in [0.15, 0.2) is 0 Å². The highest BCUT2D eigenvalue weighted by Gasteiger charge is 2.07. The van der Waals surface area contributed by atoms with E-state index in [9.17, 15) is 4.79 Å². The van der Waals surface area contributed by atoms with Gasteiger partial charge in [0.2, 0.25) is 0 Å². The Kier molecular flexibility index (Phi) is 4.42. The molecule has 1 amide bonds. The van der Waals surface area contributed by atoms with Gasteiger partial charge in [0.1, 0.15) is 6.07 Å². The van der Waals surface area contributed by atoms with E-state index in [1.165, 1.54) is 0 Å². The van der Waals surface area contributed by atoms with Crippen LogP contribution in [-0.4, -0.2) is 27.0 Å². The molecule has 0 unspecified atom stereocenters. The van der Waals surface area contributed by atoms with Gasteiger partial charge in [-0.1, -0.05) is 6.07 Å². The lowest BCUT2D eigenvalue weighted by atomic mass is 10.1. The first-order valence-corrected chi connectivity index (χ1v) is 8.61. The third-order valence-corrected chi connectivity index (χ3v) is 4.50. The van der Waals surface area contributed by atoms with Crippen molar-refractivity contribution in [2.45, 2.75) is 6.42 Å². The molecule has 4 aromatic rings. The molecule has 0 aliphatic heterocycles. The number of nitrogens with one attached hydrogen (secondary N) is 2. The number of nitrogens with zero attached hydrogens (tertiary/aromatic N) is 3. The molecule has 4 rings (SSSR count). The average Bonchev–Trinajstić information content (AvgIpc) is 3.37. The lowest BCUT2D eigenvalue weighted by Gasteiger charge is -2.07. The fourth-order valence-electron chi connectivity index (χ4n) is 3.04. The monoisotopic (exact) mass is 355 g/mol. The van der Waals surface area contributed by atoms with Gasteiger partial charge in [0, 0.05) is 47.3 Å². The van der Waals surface area contributed by atoms with Crippen molar-refractivity contribution in [3.8, 4) is 11.8 Å². The number of imidazole rings is 1. The van der Waals surface area contributed by atoms with Crippen molar-refractivity contribution in [2.75, 3.05) is 6.54 Å². The van der Waals surface area contributed by atoms with Gasteiger partial charge in [0.25, 0.3) is 5.91 Å². The number of nitriles is 1. The molecular formula is C21H17N5O. The number of hydrogen-bond donors (Lipinski definition) is 2. The predicted molar refractivity (Wildman–Crippen MR) is 103 cm³/mol. The van der Waals surface area contributed by atoms with Gasteiger partial charge in [-0.2, -0.15) is 5.26 Å². The Balaban J connectivity index is 1.37. The SMILES string of the molecule is N#Cc1c[nH]c2ccc(CCNC(=O)c3ccc(-n4ccnc4)cc3)cc12. The number of H-pyrrole nitrogens is 1. The second-order valence-electron chi connectivity index (χ2n) is 6.22. The summed E-state index contributed by atoms with van der Waals surface area (Å²) in [5, 5.41) is 13.0. The Morgan fingerprint density at radius 3 is 2.81 bits per heavy atom. The van der Waals surface area contributed by atoms with Gasteiger partial charge in [-0.15, -0.1) is 0 Å². The van der Waals surface area contributed by atoms with Crippen molar-refractivity contribution < 1.29 is 4.79 Å². The van der Waals surface area contributed by atoms with E-state index in [1.807, 2.05) is 41.1 Å². The maximum atomic E-state index is 12.3. The lowest BCUT2D eigenvalue weighted by Crippen LogP contribution is -2.25. The molecule has 2 N–H and O–H groups in total. The van der Waals surface area contributed by atoms with Crippen LogP contribution < -0.4 is 5.32 Å². The smallest absolute Gasteiger partial charge is 0.251 e. The topological polar surface area (TPSA) is 86.5 Å². The molecule has 132 valence electrons. The second kappa shape index (κ2) is 7.18. The Labute approximate surface area is 156 Å². The van der Waals surface area contributed by atoms with Crippen LogP contribution in [0, 0.1) is 11.3 Å². The zero-order chi connectivity index (χ0) is 18.6. The fourth-order valence-corrected chi connectivity index (χ4v) is 3.04. The van der Waals surface area contributed by atoms with E-state index in [-0.39, 0.29) is 5.91 Å². The fraction of sp³-hybridized carbons (Fsp3) is 0.0952. The summed E-state index contributed by atoms with van der Waals surface area (Å²) in [7, 11) is 0. The number of aromatic nitrogens is 3. The van der Waals surface area contributed by atoms with Crippen molar-refractivity contribution in [3.05, 3.63) is 84.1 Å². The molecule has 0 aliphatic carbocycles. The highest BCUT2D eigenvalue weighted by atomic mass is 16.1. The molecular weight excluding hydrogens is 338 g/mol. The van der Waals surface area contributed by atoms with Crippen LogP contribution in [0.15, 0.2) is 67.4 Å². The summed E-state index contributed by atoms with van der Waals surface area (Å²) in [6, 6.07) is 15.5. The van der Waals surface area contributed by atoms with Crippen LogP contribution in [0.3, 0.4) is 0 Å². The third-order valence-electron chi connectivity index (χ3n) is 4.50. The van der Waals surface area contributed by atoms with Crippen LogP contribution in [0.25, 0.3) is 16.6 Å². The third kappa shape index (κ3) is 3.44. The number of carbonyl (C=O) groups is 1. The zero-order valence-corrected chi connectivity index (χ0v) is 14.5. The van der Waals surface area contributed by atoms with Crippen molar-refractivity contribution in [3.63, 3.8) is 0 Å². The number of rotatable bonds is 5. The van der Waals surface area contributed by atoms with E-state index in [1.54, 1.807) is 30.9 Å². The molecule has 0 fully saturated rings. The highest BCUT2D eigenvalue weighted by molar-refractivity contribution is 5.94. The van der Waals surface area contributed by atoms with Crippen LogP contribution >= 0.6 is 0 Å². The van der Waals surface area contributed by atoms with Gasteiger partial charge in [0.05, 0.1) is 11.9 Å². The highest BCUT2D eigenvalue weighted by Crippen LogP contribution is 2.19. The van der Waals surface area contributed by atoms with Gasteiger partial charge >= 0.3 is 0 Å². The standard InChI is InChI=1S/C21H17N5O/c22-12-17-13-25-20-6-1-15(11-19(17)20)7-8-24-21(27)16-2-4-18(5-3-16)26-10-9-23-14-26/h1-6,9-11,13-14,25H,7-8H2,(H,24,27). The Morgan fingerprint density at radius 2 is 2.07 bits per heavy atom. The minimum absolute atomic E-state index is 0.104. The first-order chi connectivity index (χ1) is 13.2. The summed E-state index contributed by atoms with van der Waals surface area (Å²) in [5.74, 6) is -0.104. The van der Waals surface area contributed by atoms with Crippen LogP contribution in [0.1, 0.15) is 21.5 Å².